The molecule has 2 fully saturated rings. The third kappa shape index (κ3) is 2.47. The van der Waals surface area contributed by atoms with Crippen LogP contribution in [0.25, 0.3) is 0 Å². The van der Waals surface area contributed by atoms with Gasteiger partial charge in [0.1, 0.15) is 11.4 Å². The molecule has 1 saturated carbocycles. The summed E-state index contributed by atoms with van der Waals surface area (Å²) in [7, 11) is 0. The van der Waals surface area contributed by atoms with Crippen molar-refractivity contribution in [1.82, 2.24) is 0 Å². The summed E-state index contributed by atoms with van der Waals surface area (Å²) in [6.45, 7) is 0.672. The molecule has 1 aliphatic heterocycles. The second-order valence-corrected chi connectivity index (χ2v) is 5.59. The van der Waals surface area contributed by atoms with Crippen molar-refractivity contribution in [1.29, 1.82) is 0 Å². The second-order valence-electron chi connectivity index (χ2n) is 5.59. The van der Waals surface area contributed by atoms with Crippen molar-refractivity contribution in [3.8, 4) is 0 Å². The van der Waals surface area contributed by atoms with Gasteiger partial charge in [-0.05, 0) is 43.5 Å². The van der Waals surface area contributed by atoms with Crippen LogP contribution in [0.2, 0.25) is 0 Å². The maximum Gasteiger partial charge on any atom is 0.123 e. The van der Waals surface area contributed by atoms with E-state index in [-0.39, 0.29) is 18.0 Å². The van der Waals surface area contributed by atoms with E-state index in [1.807, 2.05) is 0 Å². The molecule has 4 heteroatoms. The lowest BCUT2D eigenvalue weighted by atomic mass is 9.74. The molecule has 0 aromatic heterocycles. The molecule has 3 nitrogen and oxygen atoms in total. The average Bonchev–Trinajstić information content (AvgIpc) is 2.42. The molecule has 104 valence electrons. The van der Waals surface area contributed by atoms with E-state index in [9.17, 15) is 9.50 Å². The summed E-state index contributed by atoms with van der Waals surface area (Å²) in [6, 6.07) is 6.28. The quantitative estimate of drug-likeness (QED) is 0.864. The molecule has 2 N–H and O–H groups in total. The maximum absolute atomic E-state index is 12.9. The molecule has 1 aromatic carbocycles. The summed E-state index contributed by atoms with van der Waals surface area (Å²) in [5.41, 5.74) is 0.0660. The minimum absolute atomic E-state index is 0.0167. The van der Waals surface area contributed by atoms with E-state index in [4.69, 9.17) is 4.74 Å². The summed E-state index contributed by atoms with van der Waals surface area (Å²) >= 11 is 0. The van der Waals surface area contributed by atoms with E-state index in [1.165, 1.54) is 12.1 Å². The summed E-state index contributed by atoms with van der Waals surface area (Å²) < 4.78 is 18.6. The molecule has 0 spiro atoms. The molecule has 0 radical (unpaired) electrons. The Hall–Kier alpha value is -1.13. The fourth-order valence-corrected chi connectivity index (χ4v) is 3.30. The van der Waals surface area contributed by atoms with Crippen LogP contribution >= 0.6 is 0 Å². The Kier molecular flexibility index (Phi) is 3.46. The van der Waals surface area contributed by atoms with Gasteiger partial charge in [-0.15, -0.1) is 0 Å². The average molecular weight is 265 g/mol. The molecule has 1 heterocycles. The zero-order valence-electron chi connectivity index (χ0n) is 10.9. The van der Waals surface area contributed by atoms with Gasteiger partial charge in [-0.1, -0.05) is 12.8 Å². The second kappa shape index (κ2) is 5.10. The number of hydrogen-bond donors (Lipinski definition) is 2. The van der Waals surface area contributed by atoms with Crippen LogP contribution in [0.1, 0.15) is 32.1 Å². The van der Waals surface area contributed by atoms with Gasteiger partial charge in [-0.2, -0.15) is 0 Å². The van der Waals surface area contributed by atoms with Crippen molar-refractivity contribution in [3.05, 3.63) is 30.1 Å². The number of halogens is 1. The molecule has 3 rings (SSSR count). The van der Waals surface area contributed by atoms with E-state index in [1.54, 1.807) is 12.1 Å². The van der Waals surface area contributed by atoms with E-state index in [0.29, 0.717) is 6.61 Å². The lowest BCUT2D eigenvalue weighted by Crippen LogP contribution is -2.61. The van der Waals surface area contributed by atoms with Crippen molar-refractivity contribution in [2.75, 3.05) is 11.9 Å². The zero-order chi connectivity index (χ0) is 13.3. The maximum atomic E-state index is 12.9. The van der Waals surface area contributed by atoms with Crippen LogP contribution < -0.4 is 5.32 Å². The van der Waals surface area contributed by atoms with Crippen molar-refractivity contribution in [2.24, 2.45) is 0 Å². The van der Waals surface area contributed by atoms with Crippen molar-refractivity contribution in [2.45, 2.75) is 49.9 Å². The predicted molar refractivity (Wildman–Crippen MR) is 71.6 cm³/mol. The number of hydrogen-bond acceptors (Lipinski definition) is 3. The molecule has 0 unspecified atom stereocenters. The van der Waals surface area contributed by atoms with Crippen LogP contribution in [0.3, 0.4) is 0 Å². The minimum Gasteiger partial charge on any atom is -0.385 e. The largest absolute Gasteiger partial charge is 0.385 e. The third-order valence-corrected chi connectivity index (χ3v) is 4.37. The molecule has 0 bridgehead atoms. The number of rotatable bonds is 2. The summed E-state index contributed by atoms with van der Waals surface area (Å²) in [5, 5.41) is 14.3. The molecular formula is C15H20FNO2. The lowest BCUT2D eigenvalue weighted by molar-refractivity contribution is -0.169. The summed E-state index contributed by atoms with van der Waals surface area (Å²) in [5.74, 6) is -0.244. The molecular weight excluding hydrogens is 245 g/mol. The van der Waals surface area contributed by atoms with E-state index in [0.717, 1.165) is 37.8 Å². The van der Waals surface area contributed by atoms with Gasteiger partial charge in [0.15, 0.2) is 0 Å². The van der Waals surface area contributed by atoms with Gasteiger partial charge in [0.05, 0.1) is 12.1 Å². The van der Waals surface area contributed by atoms with Crippen LogP contribution in [-0.4, -0.2) is 29.5 Å². The fraction of sp³-hybridized carbons (Fsp3) is 0.600. The molecule has 19 heavy (non-hydrogen) atoms. The van der Waals surface area contributed by atoms with Gasteiger partial charge >= 0.3 is 0 Å². The van der Waals surface area contributed by atoms with Crippen LogP contribution in [-0.2, 0) is 4.74 Å². The molecule has 1 aromatic rings. The number of ether oxygens (including phenoxy) is 1. The monoisotopic (exact) mass is 265 g/mol. The fourth-order valence-electron chi connectivity index (χ4n) is 3.30. The zero-order valence-corrected chi connectivity index (χ0v) is 10.9. The van der Waals surface area contributed by atoms with Gasteiger partial charge < -0.3 is 15.2 Å². The highest BCUT2D eigenvalue weighted by Crippen LogP contribution is 2.38. The normalized spacial score (nSPS) is 34.6. The van der Waals surface area contributed by atoms with Crippen LogP contribution in [0.4, 0.5) is 10.1 Å². The highest BCUT2D eigenvalue weighted by Gasteiger charge is 2.48. The first-order chi connectivity index (χ1) is 9.18. The number of nitrogens with one attached hydrogen (secondary N) is 1. The number of aliphatic hydroxyl groups is 1. The van der Waals surface area contributed by atoms with Crippen molar-refractivity contribution < 1.29 is 14.2 Å². The highest BCUT2D eigenvalue weighted by molar-refractivity contribution is 5.44. The molecule has 0 amide bonds. The summed E-state index contributed by atoms with van der Waals surface area (Å²) in [4.78, 5) is 0. The molecule has 3 atom stereocenters. The van der Waals surface area contributed by atoms with E-state index in [2.05, 4.69) is 5.32 Å². The Morgan fingerprint density at radius 3 is 2.79 bits per heavy atom. The first-order valence-electron chi connectivity index (χ1n) is 7.04. The number of fused-ring (bicyclic) bond motifs is 1. The lowest BCUT2D eigenvalue weighted by Gasteiger charge is -2.48. The van der Waals surface area contributed by atoms with Crippen molar-refractivity contribution in [3.63, 3.8) is 0 Å². The Morgan fingerprint density at radius 1 is 1.21 bits per heavy atom. The van der Waals surface area contributed by atoms with Gasteiger partial charge in [-0.25, -0.2) is 4.39 Å². The van der Waals surface area contributed by atoms with Gasteiger partial charge in [0.25, 0.3) is 0 Å². The van der Waals surface area contributed by atoms with E-state index < -0.39 is 5.60 Å². The Labute approximate surface area is 112 Å². The van der Waals surface area contributed by atoms with Crippen molar-refractivity contribution >= 4 is 5.69 Å². The first-order valence-corrected chi connectivity index (χ1v) is 7.04. The topological polar surface area (TPSA) is 41.5 Å². The van der Waals surface area contributed by atoms with Gasteiger partial charge in [0, 0.05) is 12.3 Å². The Balaban J connectivity index is 1.77. The number of anilines is 1. The SMILES string of the molecule is O[C@]12CCCC[C@@H]1OCC[C@H]2Nc1ccc(F)cc1. The molecule has 2 aliphatic rings. The van der Waals surface area contributed by atoms with Crippen LogP contribution in [0.15, 0.2) is 24.3 Å². The van der Waals surface area contributed by atoms with E-state index >= 15 is 0 Å². The van der Waals surface area contributed by atoms with Gasteiger partial charge in [0.2, 0.25) is 0 Å². The van der Waals surface area contributed by atoms with Crippen LogP contribution in [0, 0.1) is 5.82 Å². The Bertz CT molecular complexity index is 434. The standard InChI is InChI=1S/C15H20FNO2/c16-11-4-6-12(7-5-11)17-13-8-10-19-14-3-1-2-9-15(13,14)18/h4-7,13-14,17-18H,1-3,8-10H2/t13-,14+,15+/m1/s1. The highest BCUT2D eigenvalue weighted by atomic mass is 19.1. The first kappa shape index (κ1) is 12.9. The summed E-state index contributed by atoms with van der Waals surface area (Å²) in [6.07, 6.45) is 4.58. The predicted octanol–water partition coefficient (Wildman–Crippen LogP) is 2.70. The smallest absolute Gasteiger partial charge is 0.123 e. The number of benzene rings is 1. The minimum atomic E-state index is -0.787. The molecule has 1 aliphatic carbocycles. The third-order valence-electron chi connectivity index (χ3n) is 4.37. The molecule has 1 saturated heterocycles. The van der Waals surface area contributed by atoms with Gasteiger partial charge in [-0.3, -0.25) is 0 Å². The van der Waals surface area contributed by atoms with Crippen LogP contribution in [0.5, 0.6) is 0 Å². The Morgan fingerprint density at radius 2 is 2.00 bits per heavy atom.